The summed E-state index contributed by atoms with van der Waals surface area (Å²) in [6, 6.07) is 30.5. The van der Waals surface area contributed by atoms with Crippen molar-refractivity contribution in [1.82, 2.24) is 0 Å². The van der Waals surface area contributed by atoms with Crippen molar-refractivity contribution in [2.24, 2.45) is 0 Å². The van der Waals surface area contributed by atoms with Gasteiger partial charge in [-0.05, 0) is 17.5 Å². The molecule has 1 amide bonds. The Morgan fingerprint density at radius 3 is 2.26 bits per heavy atom. The normalized spacial score (nSPS) is 21.1. The van der Waals surface area contributed by atoms with Crippen molar-refractivity contribution in [3.8, 4) is 0 Å². The molecule has 6 rings (SSSR count). The number of ketones is 1. The van der Waals surface area contributed by atoms with Crippen LogP contribution in [0.5, 0.6) is 0 Å². The Morgan fingerprint density at radius 1 is 0.882 bits per heavy atom. The lowest BCUT2D eigenvalue weighted by molar-refractivity contribution is -0.134. The van der Waals surface area contributed by atoms with Crippen LogP contribution in [0.4, 0.5) is 5.69 Å². The molecule has 0 saturated carbocycles. The second kappa shape index (κ2) is 7.82. The standard InChI is InChI=1S/C29H21NO3S/c1-30-22-16-9-8-15-21(22)29(28(30)32)25(23-17-10-18-34-23)24(26(31)19-11-4-2-5-12-19)27(33-29)20-13-6-3-7-14-20/h2-18,25H,1H3. The largest absolute Gasteiger partial charge is 0.470 e. The molecule has 1 aromatic heterocycles. The van der Waals surface area contributed by atoms with Crippen LogP contribution in [-0.4, -0.2) is 18.7 Å². The number of carbonyl (C=O) groups is 2. The molecule has 1 spiro atoms. The fourth-order valence-electron chi connectivity index (χ4n) is 5.12. The van der Waals surface area contributed by atoms with Gasteiger partial charge in [-0.2, -0.15) is 0 Å². The van der Waals surface area contributed by atoms with Gasteiger partial charge in [-0.1, -0.05) is 84.9 Å². The molecule has 2 aliphatic heterocycles. The molecule has 166 valence electrons. The van der Waals surface area contributed by atoms with Gasteiger partial charge >= 0.3 is 0 Å². The van der Waals surface area contributed by atoms with Crippen molar-refractivity contribution >= 4 is 34.5 Å². The van der Waals surface area contributed by atoms with Crippen molar-refractivity contribution in [1.29, 1.82) is 0 Å². The zero-order valence-electron chi connectivity index (χ0n) is 18.5. The Labute approximate surface area is 201 Å². The van der Waals surface area contributed by atoms with Crippen LogP contribution in [0.25, 0.3) is 5.76 Å². The third-order valence-corrected chi connectivity index (χ3v) is 7.57. The Hall–Kier alpha value is -3.96. The van der Waals surface area contributed by atoms with Crippen molar-refractivity contribution in [3.05, 3.63) is 130 Å². The van der Waals surface area contributed by atoms with Crippen LogP contribution in [0.2, 0.25) is 0 Å². The maximum Gasteiger partial charge on any atom is 0.276 e. The number of benzene rings is 3. The van der Waals surface area contributed by atoms with Gasteiger partial charge in [-0.15, -0.1) is 11.3 Å². The van der Waals surface area contributed by atoms with E-state index in [0.29, 0.717) is 16.9 Å². The van der Waals surface area contributed by atoms with E-state index in [-0.39, 0.29) is 11.7 Å². The molecule has 5 heteroatoms. The van der Waals surface area contributed by atoms with Crippen molar-refractivity contribution in [3.63, 3.8) is 0 Å². The second-order valence-electron chi connectivity index (χ2n) is 8.47. The van der Waals surface area contributed by atoms with Crippen LogP contribution in [-0.2, 0) is 15.1 Å². The number of likely N-dealkylation sites (N-methyl/N-ethyl adjacent to an activating group) is 1. The maximum absolute atomic E-state index is 14.1. The van der Waals surface area contributed by atoms with E-state index in [1.54, 1.807) is 11.9 Å². The molecule has 0 saturated heterocycles. The van der Waals surface area contributed by atoms with E-state index in [2.05, 4.69) is 0 Å². The first-order valence-corrected chi connectivity index (χ1v) is 12.0. The number of Topliss-reactive ketones (excluding diaryl/α,β-unsaturated/α-hetero) is 1. The third-order valence-electron chi connectivity index (χ3n) is 6.64. The highest BCUT2D eigenvalue weighted by atomic mass is 32.1. The van der Waals surface area contributed by atoms with Crippen molar-refractivity contribution in [2.45, 2.75) is 11.5 Å². The van der Waals surface area contributed by atoms with Gasteiger partial charge in [0.2, 0.25) is 5.60 Å². The van der Waals surface area contributed by atoms with E-state index in [4.69, 9.17) is 4.74 Å². The van der Waals surface area contributed by atoms with E-state index >= 15 is 0 Å². The lowest BCUT2D eigenvalue weighted by Gasteiger charge is -2.30. The second-order valence-corrected chi connectivity index (χ2v) is 9.45. The summed E-state index contributed by atoms with van der Waals surface area (Å²) in [6.07, 6.45) is 0. The minimum absolute atomic E-state index is 0.130. The fraction of sp³-hybridized carbons (Fsp3) is 0.103. The quantitative estimate of drug-likeness (QED) is 0.347. The van der Waals surface area contributed by atoms with Crippen LogP contribution in [0.1, 0.15) is 32.3 Å². The number of hydrogen-bond donors (Lipinski definition) is 0. The summed E-state index contributed by atoms with van der Waals surface area (Å²) in [5.41, 5.74) is 2.10. The fourth-order valence-corrected chi connectivity index (χ4v) is 6.01. The number of ether oxygens (including phenoxy) is 1. The lowest BCUT2D eigenvalue weighted by Crippen LogP contribution is -2.43. The van der Waals surface area contributed by atoms with Crippen LogP contribution in [0, 0.1) is 0 Å². The smallest absolute Gasteiger partial charge is 0.276 e. The molecule has 0 radical (unpaired) electrons. The highest BCUT2D eigenvalue weighted by Crippen LogP contribution is 2.60. The topological polar surface area (TPSA) is 46.6 Å². The van der Waals surface area contributed by atoms with E-state index in [1.165, 1.54) is 11.3 Å². The molecule has 4 nitrogen and oxygen atoms in total. The predicted molar refractivity (Wildman–Crippen MR) is 134 cm³/mol. The maximum atomic E-state index is 14.1. The van der Waals surface area contributed by atoms with Crippen molar-refractivity contribution in [2.75, 3.05) is 11.9 Å². The number of amides is 1. The van der Waals surface area contributed by atoms with Gasteiger partial charge in [-0.25, -0.2) is 0 Å². The van der Waals surface area contributed by atoms with Crippen LogP contribution < -0.4 is 4.90 Å². The van der Waals surface area contributed by atoms with Crippen molar-refractivity contribution < 1.29 is 14.3 Å². The van der Waals surface area contributed by atoms with Gasteiger partial charge in [0.15, 0.2) is 5.78 Å². The average Bonchev–Trinajstić information content (AvgIpc) is 3.59. The summed E-state index contributed by atoms with van der Waals surface area (Å²) in [5.74, 6) is -0.411. The van der Waals surface area contributed by atoms with Gasteiger partial charge in [-0.3, -0.25) is 9.59 Å². The average molecular weight is 464 g/mol. The Kier molecular flexibility index (Phi) is 4.74. The molecular formula is C29H21NO3S. The molecule has 0 N–H and O–H groups in total. The highest BCUT2D eigenvalue weighted by molar-refractivity contribution is 7.10. The summed E-state index contributed by atoms with van der Waals surface area (Å²) in [5, 5.41) is 1.98. The highest BCUT2D eigenvalue weighted by Gasteiger charge is 2.64. The Morgan fingerprint density at radius 2 is 1.56 bits per heavy atom. The Balaban J connectivity index is 1.67. The molecule has 3 aromatic carbocycles. The summed E-state index contributed by atoms with van der Waals surface area (Å²) < 4.78 is 6.77. The number of anilines is 1. The van der Waals surface area contributed by atoms with E-state index in [0.717, 1.165) is 21.7 Å². The number of thiophene rings is 1. The molecule has 0 fully saturated rings. The molecule has 0 aliphatic carbocycles. The van der Waals surface area contributed by atoms with Crippen LogP contribution in [0.3, 0.4) is 0 Å². The SMILES string of the molecule is CN1C(=O)C2(OC(c3ccccc3)=C(C(=O)c3ccccc3)C2c2cccs2)c2ccccc21. The number of nitrogens with zero attached hydrogens (tertiary/aromatic N) is 1. The zero-order valence-corrected chi connectivity index (χ0v) is 19.3. The van der Waals surface area contributed by atoms with Crippen LogP contribution in [0.15, 0.2) is 108 Å². The molecule has 2 atom stereocenters. The summed E-state index contributed by atoms with van der Waals surface area (Å²) >= 11 is 1.54. The van der Waals surface area contributed by atoms with Crippen LogP contribution >= 0.6 is 11.3 Å². The predicted octanol–water partition coefficient (Wildman–Crippen LogP) is 6.03. The van der Waals surface area contributed by atoms with Gasteiger partial charge in [0.1, 0.15) is 5.76 Å². The summed E-state index contributed by atoms with van der Waals surface area (Å²) in [7, 11) is 1.77. The van der Waals surface area contributed by atoms with Gasteiger partial charge in [0, 0.05) is 28.6 Å². The molecule has 0 bridgehead atoms. The van der Waals surface area contributed by atoms with E-state index < -0.39 is 11.5 Å². The lowest BCUT2D eigenvalue weighted by atomic mass is 9.76. The number of fused-ring (bicyclic) bond motifs is 2. The van der Waals surface area contributed by atoms with Gasteiger partial charge < -0.3 is 9.64 Å². The van der Waals surface area contributed by atoms with E-state index in [1.807, 2.05) is 102 Å². The third kappa shape index (κ3) is 2.83. The minimum Gasteiger partial charge on any atom is -0.470 e. The number of para-hydroxylation sites is 1. The van der Waals surface area contributed by atoms with E-state index in [9.17, 15) is 9.59 Å². The minimum atomic E-state index is -1.35. The van der Waals surface area contributed by atoms with Gasteiger partial charge in [0.05, 0.1) is 17.2 Å². The number of carbonyl (C=O) groups excluding carboxylic acids is 2. The monoisotopic (exact) mass is 463 g/mol. The number of hydrogen-bond acceptors (Lipinski definition) is 4. The molecule has 3 heterocycles. The Bertz CT molecular complexity index is 1430. The molecule has 4 aromatic rings. The first kappa shape index (κ1) is 20.6. The summed E-state index contributed by atoms with van der Waals surface area (Å²) in [4.78, 5) is 30.7. The zero-order chi connectivity index (χ0) is 23.3. The summed E-state index contributed by atoms with van der Waals surface area (Å²) in [6.45, 7) is 0. The molecule has 2 aliphatic rings. The molecule has 34 heavy (non-hydrogen) atoms. The first-order chi connectivity index (χ1) is 16.6. The first-order valence-electron chi connectivity index (χ1n) is 11.1. The molecular weight excluding hydrogens is 442 g/mol. The number of rotatable bonds is 4. The molecule has 2 unspecified atom stereocenters. The van der Waals surface area contributed by atoms with Gasteiger partial charge in [0.25, 0.3) is 5.91 Å².